The number of hydrogen-bond donors (Lipinski definition) is 2. The van der Waals surface area contributed by atoms with E-state index in [2.05, 4.69) is 25.2 Å². The number of benzene rings is 1. The summed E-state index contributed by atoms with van der Waals surface area (Å²) in [5, 5.41) is 6.56. The Morgan fingerprint density at radius 1 is 1.11 bits per heavy atom. The molecular formula is C21H24FN5O. The van der Waals surface area contributed by atoms with Crippen molar-refractivity contribution in [1.29, 1.82) is 0 Å². The molecule has 2 N–H and O–H groups in total. The van der Waals surface area contributed by atoms with Gasteiger partial charge in [-0.3, -0.25) is 0 Å². The summed E-state index contributed by atoms with van der Waals surface area (Å²) in [7, 11) is 0. The van der Waals surface area contributed by atoms with Crippen LogP contribution in [0.2, 0.25) is 0 Å². The average Bonchev–Trinajstić information content (AvgIpc) is 3.22. The second-order valence-corrected chi connectivity index (χ2v) is 6.10. The predicted octanol–water partition coefficient (Wildman–Crippen LogP) is 3.57. The van der Waals surface area contributed by atoms with Crippen LogP contribution in [0.5, 0.6) is 11.6 Å². The number of aromatic nitrogens is 2. The lowest BCUT2D eigenvalue weighted by Crippen LogP contribution is -2.38. The summed E-state index contributed by atoms with van der Waals surface area (Å²) in [5.74, 6) is 1.46. The first-order valence-electron chi connectivity index (χ1n) is 9.24. The van der Waals surface area contributed by atoms with Gasteiger partial charge >= 0.3 is 0 Å². The number of pyridine rings is 1. The second kappa shape index (κ2) is 10.1. The molecule has 7 heteroatoms. The molecule has 28 heavy (non-hydrogen) atoms. The van der Waals surface area contributed by atoms with E-state index in [4.69, 9.17) is 4.74 Å². The summed E-state index contributed by atoms with van der Waals surface area (Å²) in [4.78, 5) is 8.88. The molecule has 146 valence electrons. The van der Waals surface area contributed by atoms with Crippen LogP contribution in [0.4, 0.5) is 4.39 Å². The van der Waals surface area contributed by atoms with Gasteiger partial charge in [0.05, 0.1) is 6.54 Å². The van der Waals surface area contributed by atoms with Crippen LogP contribution in [0.25, 0.3) is 0 Å². The summed E-state index contributed by atoms with van der Waals surface area (Å²) in [5.41, 5.74) is 0.967. The van der Waals surface area contributed by atoms with Crippen LogP contribution >= 0.6 is 0 Å². The molecule has 6 nitrogen and oxygen atoms in total. The SMILES string of the molecule is CCNC(=NCc1ccc(Oc2ccc(F)cc2)nc1)NCCn1cccc1. The summed E-state index contributed by atoms with van der Waals surface area (Å²) >= 11 is 0. The maximum atomic E-state index is 12.9. The van der Waals surface area contributed by atoms with Gasteiger partial charge in [0.1, 0.15) is 11.6 Å². The summed E-state index contributed by atoms with van der Waals surface area (Å²) in [6, 6.07) is 13.5. The molecule has 2 aromatic heterocycles. The Balaban J connectivity index is 1.52. The van der Waals surface area contributed by atoms with Crippen LogP contribution in [0, 0.1) is 5.82 Å². The van der Waals surface area contributed by atoms with Gasteiger partial charge in [0, 0.05) is 44.3 Å². The molecule has 0 fully saturated rings. The number of ether oxygens (including phenoxy) is 1. The Morgan fingerprint density at radius 2 is 1.89 bits per heavy atom. The highest BCUT2D eigenvalue weighted by atomic mass is 19.1. The van der Waals surface area contributed by atoms with E-state index in [1.165, 1.54) is 12.1 Å². The van der Waals surface area contributed by atoms with E-state index in [9.17, 15) is 4.39 Å². The number of hydrogen-bond acceptors (Lipinski definition) is 3. The van der Waals surface area contributed by atoms with Gasteiger partial charge in [-0.25, -0.2) is 14.4 Å². The van der Waals surface area contributed by atoms with Gasteiger partial charge in [-0.2, -0.15) is 0 Å². The molecule has 0 aliphatic rings. The van der Waals surface area contributed by atoms with Gasteiger partial charge in [-0.1, -0.05) is 6.07 Å². The highest BCUT2D eigenvalue weighted by molar-refractivity contribution is 5.79. The van der Waals surface area contributed by atoms with E-state index >= 15 is 0 Å². The topological polar surface area (TPSA) is 63.5 Å². The number of halogens is 1. The molecule has 0 radical (unpaired) electrons. The number of rotatable bonds is 8. The molecule has 0 amide bonds. The molecule has 0 unspecified atom stereocenters. The van der Waals surface area contributed by atoms with Crippen molar-refractivity contribution in [2.45, 2.75) is 20.0 Å². The molecule has 0 saturated heterocycles. The van der Waals surface area contributed by atoms with Crippen LogP contribution in [-0.4, -0.2) is 28.6 Å². The van der Waals surface area contributed by atoms with E-state index in [1.54, 1.807) is 24.4 Å². The normalized spacial score (nSPS) is 11.3. The van der Waals surface area contributed by atoms with Gasteiger partial charge in [0.2, 0.25) is 5.88 Å². The minimum Gasteiger partial charge on any atom is -0.439 e. The highest BCUT2D eigenvalue weighted by Gasteiger charge is 2.01. The van der Waals surface area contributed by atoms with Crippen LogP contribution in [0.15, 0.2) is 72.1 Å². The lowest BCUT2D eigenvalue weighted by molar-refractivity contribution is 0.461. The number of aliphatic imine (C=N–C) groups is 1. The van der Waals surface area contributed by atoms with E-state index < -0.39 is 0 Å². The van der Waals surface area contributed by atoms with Gasteiger partial charge < -0.3 is 19.9 Å². The van der Waals surface area contributed by atoms with Gasteiger partial charge in [0.25, 0.3) is 0 Å². The van der Waals surface area contributed by atoms with E-state index in [0.29, 0.717) is 18.2 Å². The molecular weight excluding hydrogens is 357 g/mol. The molecule has 0 saturated carbocycles. The third-order valence-electron chi connectivity index (χ3n) is 3.93. The molecule has 0 bridgehead atoms. The molecule has 1 aromatic carbocycles. The first-order chi connectivity index (χ1) is 13.7. The van der Waals surface area contributed by atoms with Gasteiger partial charge in [-0.15, -0.1) is 0 Å². The Labute approximate surface area is 164 Å². The van der Waals surface area contributed by atoms with Crippen molar-refractivity contribution in [1.82, 2.24) is 20.2 Å². The number of nitrogens with one attached hydrogen (secondary N) is 2. The third-order valence-corrected chi connectivity index (χ3v) is 3.93. The minimum atomic E-state index is -0.299. The maximum Gasteiger partial charge on any atom is 0.219 e. The molecule has 0 aliphatic carbocycles. The first-order valence-corrected chi connectivity index (χ1v) is 9.24. The fourth-order valence-electron chi connectivity index (χ4n) is 2.52. The number of guanidine groups is 1. The Morgan fingerprint density at radius 3 is 2.57 bits per heavy atom. The van der Waals surface area contributed by atoms with Crippen molar-refractivity contribution in [3.8, 4) is 11.6 Å². The summed E-state index contributed by atoms with van der Waals surface area (Å²) in [6.45, 7) is 4.98. The predicted molar refractivity (Wildman–Crippen MR) is 108 cm³/mol. The third kappa shape index (κ3) is 6.12. The van der Waals surface area contributed by atoms with Crippen molar-refractivity contribution in [2.24, 2.45) is 4.99 Å². The Kier molecular flexibility index (Phi) is 7.01. The fraction of sp³-hybridized carbons (Fsp3) is 0.238. The fourth-order valence-corrected chi connectivity index (χ4v) is 2.52. The zero-order valence-corrected chi connectivity index (χ0v) is 15.8. The van der Waals surface area contributed by atoms with E-state index in [0.717, 1.165) is 31.2 Å². The van der Waals surface area contributed by atoms with Gasteiger partial charge in [-0.05, 0) is 48.9 Å². The smallest absolute Gasteiger partial charge is 0.219 e. The van der Waals surface area contributed by atoms with Crippen LogP contribution in [0.1, 0.15) is 12.5 Å². The first kappa shape index (κ1) is 19.4. The lowest BCUT2D eigenvalue weighted by atomic mass is 10.3. The molecule has 3 rings (SSSR count). The highest BCUT2D eigenvalue weighted by Crippen LogP contribution is 2.19. The standard InChI is InChI=1S/C21H24FN5O/c1-2-23-21(24-11-14-27-12-3-4-13-27)26-16-17-5-10-20(25-15-17)28-19-8-6-18(22)7-9-19/h3-10,12-13,15H,2,11,14,16H2,1H3,(H2,23,24,26). The monoisotopic (exact) mass is 381 g/mol. The van der Waals surface area contributed by atoms with Crippen molar-refractivity contribution < 1.29 is 9.13 Å². The zero-order valence-electron chi connectivity index (χ0n) is 15.8. The minimum absolute atomic E-state index is 0.299. The van der Waals surface area contributed by atoms with Crippen molar-refractivity contribution in [3.05, 3.63) is 78.5 Å². The van der Waals surface area contributed by atoms with Crippen molar-refractivity contribution in [3.63, 3.8) is 0 Å². The molecule has 0 aliphatic heterocycles. The molecule has 0 atom stereocenters. The summed E-state index contributed by atoms with van der Waals surface area (Å²) in [6.07, 6.45) is 5.80. The largest absolute Gasteiger partial charge is 0.439 e. The van der Waals surface area contributed by atoms with Crippen LogP contribution in [-0.2, 0) is 13.1 Å². The van der Waals surface area contributed by atoms with Crippen LogP contribution in [0.3, 0.4) is 0 Å². The number of nitrogens with zero attached hydrogens (tertiary/aromatic N) is 3. The average molecular weight is 381 g/mol. The maximum absolute atomic E-state index is 12.9. The van der Waals surface area contributed by atoms with E-state index in [1.807, 2.05) is 37.5 Å². The second-order valence-electron chi connectivity index (χ2n) is 6.10. The van der Waals surface area contributed by atoms with Crippen molar-refractivity contribution >= 4 is 5.96 Å². The van der Waals surface area contributed by atoms with E-state index in [-0.39, 0.29) is 5.82 Å². The molecule has 3 aromatic rings. The summed E-state index contributed by atoms with van der Waals surface area (Å²) < 4.78 is 20.6. The zero-order chi connectivity index (χ0) is 19.6. The van der Waals surface area contributed by atoms with Gasteiger partial charge in [0.15, 0.2) is 5.96 Å². The lowest BCUT2D eigenvalue weighted by Gasteiger charge is -2.12. The van der Waals surface area contributed by atoms with Crippen LogP contribution < -0.4 is 15.4 Å². The van der Waals surface area contributed by atoms with Crippen molar-refractivity contribution in [2.75, 3.05) is 13.1 Å². The quantitative estimate of drug-likeness (QED) is 0.463. The Bertz CT molecular complexity index is 861. The molecule has 0 spiro atoms. The molecule has 2 heterocycles. The Hall–Kier alpha value is -3.35.